The molecule has 1 heterocycles. The zero-order valence-corrected chi connectivity index (χ0v) is 18.6. The van der Waals surface area contributed by atoms with Crippen LogP contribution in [0.2, 0.25) is 5.02 Å². The van der Waals surface area contributed by atoms with Gasteiger partial charge in [-0.3, -0.25) is 14.4 Å². The Morgan fingerprint density at radius 2 is 2.07 bits per heavy atom. The number of halogens is 1. The Morgan fingerprint density at radius 3 is 2.70 bits per heavy atom. The minimum atomic E-state index is -3.68. The van der Waals surface area contributed by atoms with E-state index < -0.39 is 15.9 Å². The Hall–Kier alpha value is -1.36. The van der Waals surface area contributed by atoms with Crippen molar-refractivity contribution in [2.24, 2.45) is 5.92 Å². The first-order valence-corrected chi connectivity index (χ1v) is 12.1. The molecule has 2 aromatic rings. The van der Waals surface area contributed by atoms with Gasteiger partial charge in [-0.15, -0.1) is 10.2 Å². The fraction of sp³-hybridized carbons (Fsp3) is 0.438. The molecule has 1 aromatic heterocycles. The maximum absolute atomic E-state index is 12.4. The lowest BCUT2D eigenvalue weighted by Gasteiger charge is -2.23. The van der Waals surface area contributed by atoms with Crippen molar-refractivity contribution in [2.75, 3.05) is 28.2 Å². The van der Waals surface area contributed by atoms with Crippen LogP contribution in [-0.2, 0) is 14.8 Å². The Kier molecular flexibility index (Phi) is 7.49. The molecular formula is C16H21ClN4O3S3. The normalized spacial score (nSPS) is 11.6. The van der Waals surface area contributed by atoms with Gasteiger partial charge in [0.05, 0.1) is 11.9 Å². The number of aromatic nitrogens is 2. The summed E-state index contributed by atoms with van der Waals surface area (Å²) < 4.78 is 26.2. The molecule has 0 atom stereocenters. The highest BCUT2D eigenvalue weighted by Crippen LogP contribution is 2.28. The number of amides is 1. The lowest BCUT2D eigenvalue weighted by Crippen LogP contribution is -2.37. The molecular weight excluding hydrogens is 428 g/mol. The lowest BCUT2D eigenvalue weighted by molar-refractivity contribution is -0.114. The summed E-state index contributed by atoms with van der Waals surface area (Å²) in [5.41, 5.74) is 1.06. The number of rotatable bonds is 8. The number of thioether (sulfide) groups is 1. The average molecular weight is 449 g/mol. The average Bonchev–Trinajstić information content (AvgIpc) is 2.99. The van der Waals surface area contributed by atoms with Gasteiger partial charge in [-0.25, -0.2) is 8.42 Å². The van der Waals surface area contributed by atoms with E-state index in [1.165, 1.54) is 17.4 Å². The van der Waals surface area contributed by atoms with E-state index in [1.807, 2.05) is 0 Å². The Labute approximate surface area is 172 Å². The predicted octanol–water partition coefficient (Wildman–Crippen LogP) is 3.65. The van der Waals surface area contributed by atoms with Gasteiger partial charge in [-0.1, -0.05) is 54.6 Å². The maximum Gasteiger partial charge on any atom is 0.246 e. The molecule has 0 spiro atoms. The van der Waals surface area contributed by atoms with Gasteiger partial charge in [0.1, 0.15) is 6.54 Å². The smallest absolute Gasteiger partial charge is 0.246 e. The van der Waals surface area contributed by atoms with Gasteiger partial charge >= 0.3 is 0 Å². The van der Waals surface area contributed by atoms with Crippen molar-refractivity contribution in [3.05, 3.63) is 28.8 Å². The highest BCUT2D eigenvalue weighted by molar-refractivity contribution is 8.01. The van der Waals surface area contributed by atoms with E-state index in [0.717, 1.165) is 20.7 Å². The zero-order chi connectivity index (χ0) is 20.2. The molecule has 1 aromatic carbocycles. The molecule has 0 bridgehead atoms. The van der Waals surface area contributed by atoms with Crippen molar-refractivity contribution < 1.29 is 13.2 Å². The fourth-order valence-corrected chi connectivity index (χ4v) is 4.89. The quantitative estimate of drug-likeness (QED) is 0.489. The topological polar surface area (TPSA) is 92.3 Å². The molecule has 7 nitrogen and oxygen atoms in total. The van der Waals surface area contributed by atoms with Crippen LogP contribution >= 0.6 is 34.7 Å². The number of benzene rings is 1. The molecule has 0 aliphatic carbocycles. The van der Waals surface area contributed by atoms with E-state index in [2.05, 4.69) is 29.4 Å². The summed E-state index contributed by atoms with van der Waals surface area (Å²) in [6, 6.07) is 4.89. The van der Waals surface area contributed by atoms with Crippen LogP contribution in [0.4, 0.5) is 10.8 Å². The summed E-state index contributed by atoms with van der Waals surface area (Å²) in [7, 11) is -3.68. The first kappa shape index (κ1) is 21.9. The highest BCUT2D eigenvalue weighted by Gasteiger charge is 2.23. The van der Waals surface area contributed by atoms with Gasteiger partial charge in [0, 0.05) is 10.8 Å². The number of anilines is 2. The van der Waals surface area contributed by atoms with Gasteiger partial charge < -0.3 is 0 Å². The molecule has 1 N–H and O–H groups in total. The molecule has 2 rings (SSSR count). The molecule has 27 heavy (non-hydrogen) atoms. The molecule has 0 radical (unpaired) electrons. The van der Waals surface area contributed by atoms with E-state index in [0.29, 0.717) is 27.3 Å². The second-order valence-corrected chi connectivity index (χ2v) is 10.9. The van der Waals surface area contributed by atoms with Crippen LogP contribution < -0.4 is 9.62 Å². The molecule has 0 saturated heterocycles. The first-order chi connectivity index (χ1) is 12.6. The standard InChI is InChI=1S/C16H21ClN4O3S3/c1-10(2)9-25-16-20-19-15(26-16)18-14(22)8-21(27(4,23)24)13-7-12(17)6-5-11(13)3/h5-7,10H,8-9H2,1-4H3,(H,18,19,22). The summed E-state index contributed by atoms with van der Waals surface area (Å²) in [6.45, 7) is 5.58. The molecule has 0 aliphatic rings. The van der Waals surface area contributed by atoms with E-state index in [1.54, 1.807) is 30.8 Å². The number of sulfonamides is 1. The minimum Gasteiger partial charge on any atom is -0.299 e. The third-order valence-electron chi connectivity index (χ3n) is 3.32. The highest BCUT2D eigenvalue weighted by atomic mass is 35.5. The molecule has 0 fully saturated rings. The number of hydrogen-bond donors (Lipinski definition) is 1. The van der Waals surface area contributed by atoms with Crippen molar-refractivity contribution in [1.29, 1.82) is 0 Å². The van der Waals surface area contributed by atoms with Crippen LogP contribution in [0, 0.1) is 12.8 Å². The number of hydrogen-bond acceptors (Lipinski definition) is 7. The minimum absolute atomic E-state index is 0.336. The van der Waals surface area contributed by atoms with Crippen LogP contribution in [0.15, 0.2) is 22.5 Å². The van der Waals surface area contributed by atoms with Crippen LogP contribution in [0.3, 0.4) is 0 Å². The van der Waals surface area contributed by atoms with E-state index >= 15 is 0 Å². The molecule has 148 valence electrons. The zero-order valence-electron chi connectivity index (χ0n) is 15.4. The molecule has 11 heteroatoms. The summed E-state index contributed by atoms with van der Waals surface area (Å²) in [4.78, 5) is 12.4. The fourth-order valence-electron chi connectivity index (χ4n) is 2.08. The number of aryl methyl sites for hydroxylation is 1. The van der Waals surface area contributed by atoms with Crippen molar-refractivity contribution in [3.63, 3.8) is 0 Å². The van der Waals surface area contributed by atoms with Crippen LogP contribution in [-0.4, -0.2) is 43.1 Å². The molecule has 0 unspecified atom stereocenters. The molecule has 0 aliphatic heterocycles. The Morgan fingerprint density at radius 1 is 1.37 bits per heavy atom. The number of carbonyl (C=O) groups is 1. The second-order valence-electron chi connectivity index (χ2n) is 6.33. The van der Waals surface area contributed by atoms with E-state index in [-0.39, 0.29) is 6.54 Å². The van der Waals surface area contributed by atoms with Crippen molar-refractivity contribution in [3.8, 4) is 0 Å². The summed E-state index contributed by atoms with van der Waals surface area (Å²) in [6.07, 6.45) is 1.05. The largest absolute Gasteiger partial charge is 0.299 e. The van der Waals surface area contributed by atoms with Gasteiger partial charge in [0.15, 0.2) is 4.34 Å². The predicted molar refractivity (Wildman–Crippen MR) is 112 cm³/mol. The van der Waals surface area contributed by atoms with Crippen molar-refractivity contribution >= 4 is 61.4 Å². The van der Waals surface area contributed by atoms with Crippen LogP contribution in [0.1, 0.15) is 19.4 Å². The second kappa shape index (κ2) is 9.22. The monoisotopic (exact) mass is 448 g/mol. The Bertz CT molecular complexity index is 915. The van der Waals surface area contributed by atoms with E-state index in [4.69, 9.17) is 11.6 Å². The van der Waals surface area contributed by atoms with Crippen molar-refractivity contribution in [2.45, 2.75) is 25.1 Å². The summed E-state index contributed by atoms with van der Waals surface area (Å²) in [5, 5.41) is 11.3. The summed E-state index contributed by atoms with van der Waals surface area (Å²) in [5.74, 6) is 0.913. The van der Waals surface area contributed by atoms with Gasteiger partial charge in [0.2, 0.25) is 21.1 Å². The third kappa shape index (κ3) is 6.63. The Balaban J connectivity index is 2.12. The lowest BCUT2D eigenvalue weighted by atomic mass is 10.2. The van der Waals surface area contributed by atoms with Gasteiger partial charge in [-0.2, -0.15) is 0 Å². The third-order valence-corrected chi connectivity index (χ3v) is 7.08. The van der Waals surface area contributed by atoms with Crippen LogP contribution in [0.5, 0.6) is 0 Å². The van der Waals surface area contributed by atoms with E-state index in [9.17, 15) is 13.2 Å². The van der Waals surface area contributed by atoms with Gasteiger partial charge in [0.25, 0.3) is 0 Å². The SMILES string of the molecule is Cc1ccc(Cl)cc1N(CC(=O)Nc1nnc(SCC(C)C)s1)S(C)(=O)=O. The number of carbonyl (C=O) groups excluding carboxylic acids is 1. The van der Waals surface area contributed by atoms with Crippen molar-refractivity contribution in [1.82, 2.24) is 10.2 Å². The summed E-state index contributed by atoms with van der Waals surface area (Å²) >= 11 is 8.82. The van der Waals surface area contributed by atoms with Gasteiger partial charge in [-0.05, 0) is 30.5 Å². The molecule has 1 amide bonds. The van der Waals surface area contributed by atoms with Crippen LogP contribution in [0.25, 0.3) is 0 Å². The maximum atomic E-state index is 12.4. The number of nitrogens with zero attached hydrogens (tertiary/aromatic N) is 3. The molecule has 0 saturated carbocycles. The number of nitrogens with one attached hydrogen (secondary N) is 1. The first-order valence-electron chi connectivity index (χ1n) is 8.06.